The SMILES string of the molecule is CC1(C)C2CCCC(=O)[C@]2(C)CC[C@H]1O. The zero-order chi connectivity index (χ0) is 11.3. The summed E-state index contributed by atoms with van der Waals surface area (Å²) in [4.78, 5) is 12.1. The quantitative estimate of drug-likeness (QED) is 0.667. The van der Waals surface area contributed by atoms with Gasteiger partial charge in [-0.1, -0.05) is 20.8 Å². The highest BCUT2D eigenvalue weighted by Gasteiger charge is 2.54. The summed E-state index contributed by atoms with van der Waals surface area (Å²) in [6.07, 6.45) is 4.29. The Morgan fingerprint density at radius 1 is 1.27 bits per heavy atom. The average Bonchev–Trinajstić information content (AvgIpc) is 2.16. The Bertz CT molecular complexity index is 282. The van der Waals surface area contributed by atoms with Crippen molar-refractivity contribution in [3.63, 3.8) is 0 Å². The van der Waals surface area contributed by atoms with Crippen molar-refractivity contribution in [3.8, 4) is 0 Å². The van der Waals surface area contributed by atoms with Crippen LogP contribution in [0.2, 0.25) is 0 Å². The first kappa shape index (κ1) is 11.1. The molecule has 2 saturated carbocycles. The molecule has 0 spiro atoms. The maximum atomic E-state index is 12.1. The zero-order valence-electron chi connectivity index (χ0n) is 10.0. The van der Waals surface area contributed by atoms with Crippen LogP contribution in [0.25, 0.3) is 0 Å². The van der Waals surface area contributed by atoms with Gasteiger partial charge in [-0.25, -0.2) is 0 Å². The van der Waals surface area contributed by atoms with Crippen LogP contribution in [0, 0.1) is 16.7 Å². The van der Waals surface area contributed by atoms with Gasteiger partial charge in [-0.05, 0) is 37.0 Å². The van der Waals surface area contributed by atoms with Gasteiger partial charge in [0.2, 0.25) is 0 Å². The molecule has 0 heterocycles. The predicted octanol–water partition coefficient (Wildman–Crippen LogP) is 2.54. The van der Waals surface area contributed by atoms with E-state index in [0.717, 1.165) is 32.1 Å². The molecule has 0 aliphatic heterocycles. The molecule has 0 radical (unpaired) electrons. The van der Waals surface area contributed by atoms with Gasteiger partial charge in [0.1, 0.15) is 5.78 Å². The van der Waals surface area contributed by atoms with Crippen molar-refractivity contribution in [2.75, 3.05) is 0 Å². The average molecular weight is 210 g/mol. The van der Waals surface area contributed by atoms with E-state index in [1.165, 1.54) is 0 Å². The fourth-order valence-electron chi connectivity index (χ4n) is 3.81. The lowest BCUT2D eigenvalue weighted by Crippen LogP contribution is -2.54. The van der Waals surface area contributed by atoms with E-state index in [-0.39, 0.29) is 16.9 Å². The first-order valence-electron chi connectivity index (χ1n) is 6.10. The Kier molecular flexibility index (Phi) is 2.45. The van der Waals surface area contributed by atoms with Crippen molar-refractivity contribution >= 4 is 5.78 Å². The van der Waals surface area contributed by atoms with Crippen LogP contribution in [-0.2, 0) is 4.79 Å². The van der Waals surface area contributed by atoms with E-state index in [4.69, 9.17) is 0 Å². The van der Waals surface area contributed by atoms with Gasteiger partial charge in [-0.15, -0.1) is 0 Å². The molecule has 0 aromatic heterocycles. The molecule has 1 N–H and O–H groups in total. The molecule has 15 heavy (non-hydrogen) atoms. The van der Waals surface area contributed by atoms with Gasteiger partial charge in [0.15, 0.2) is 0 Å². The molecular formula is C13H22O2. The van der Waals surface area contributed by atoms with Crippen LogP contribution in [0.3, 0.4) is 0 Å². The standard InChI is InChI=1S/C13H22O2/c1-12(2)9-5-4-6-11(15)13(9,3)8-7-10(12)14/h9-10,14H,4-8H2,1-3H3/t9?,10-,13-/m1/s1. The van der Waals surface area contributed by atoms with Crippen molar-refractivity contribution in [1.82, 2.24) is 0 Å². The summed E-state index contributed by atoms with van der Waals surface area (Å²) in [5.74, 6) is 0.800. The second-order valence-corrected chi connectivity index (χ2v) is 6.16. The van der Waals surface area contributed by atoms with E-state index in [1.54, 1.807) is 0 Å². The Hall–Kier alpha value is -0.370. The van der Waals surface area contributed by atoms with Gasteiger partial charge in [-0.3, -0.25) is 4.79 Å². The van der Waals surface area contributed by atoms with Gasteiger partial charge in [0, 0.05) is 11.8 Å². The molecule has 86 valence electrons. The first-order chi connectivity index (χ1) is 6.89. The summed E-state index contributed by atoms with van der Waals surface area (Å²) in [6, 6.07) is 0. The lowest BCUT2D eigenvalue weighted by atomic mass is 9.50. The summed E-state index contributed by atoms with van der Waals surface area (Å²) >= 11 is 0. The molecule has 2 aliphatic rings. The number of ketones is 1. The van der Waals surface area contributed by atoms with Crippen molar-refractivity contribution in [2.24, 2.45) is 16.7 Å². The largest absolute Gasteiger partial charge is 0.393 e. The third-order valence-corrected chi connectivity index (χ3v) is 5.00. The molecule has 0 bridgehead atoms. The molecule has 0 aromatic carbocycles. The monoisotopic (exact) mass is 210 g/mol. The second kappa shape index (κ2) is 3.31. The summed E-state index contributed by atoms with van der Waals surface area (Å²) in [5.41, 5.74) is -0.246. The number of carbonyl (C=O) groups is 1. The molecular weight excluding hydrogens is 188 g/mol. The summed E-state index contributed by atoms with van der Waals surface area (Å²) < 4.78 is 0. The molecule has 3 atom stereocenters. The third kappa shape index (κ3) is 1.45. The smallest absolute Gasteiger partial charge is 0.139 e. The van der Waals surface area contributed by atoms with Gasteiger partial charge in [-0.2, -0.15) is 0 Å². The number of hydrogen-bond donors (Lipinski definition) is 1. The topological polar surface area (TPSA) is 37.3 Å². The van der Waals surface area contributed by atoms with Crippen LogP contribution in [0.5, 0.6) is 0 Å². The minimum absolute atomic E-state index is 0.0942. The van der Waals surface area contributed by atoms with Crippen LogP contribution in [-0.4, -0.2) is 17.0 Å². The molecule has 2 heteroatoms. The summed E-state index contributed by atoms with van der Waals surface area (Å²) in [5, 5.41) is 10.1. The van der Waals surface area contributed by atoms with Gasteiger partial charge in [0.05, 0.1) is 6.10 Å². The van der Waals surface area contributed by atoms with Crippen LogP contribution in [0.4, 0.5) is 0 Å². The molecule has 2 nitrogen and oxygen atoms in total. The van der Waals surface area contributed by atoms with Crippen molar-refractivity contribution < 1.29 is 9.90 Å². The van der Waals surface area contributed by atoms with Crippen molar-refractivity contribution in [3.05, 3.63) is 0 Å². The van der Waals surface area contributed by atoms with E-state index < -0.39 is 0 Å². The fourth-order valence-corrected chi connectivity index (χ4v) is 3.81. The van der Waals surface area contributed by atoms with Crippen LogP contribution >= 0.6 is 0 Å². The second-order valence-electron chi connectivity index (χ2n) is 6.16. The number of aliphatic hydroxyl groups is 1. The number of fused-ring (bicyclic) bond motifs is 1. The number of rotatable bonds is 0. The number of hydrogen-bond acceptors (Lipinski definition) is 2. The van der Waals surface area contributed by atoms with E-state index >= 15 is 0 Å². The summed E-state index contributed by atoms with van der Waals surface area (Å²) in [6.45, 7) is 6.36. The highest BCUT2D eigenvalue weighted by atomic mass is 16.3. The highest BCUT2D eigenvalue weighted by molar-refractivity contribution is 5.85. The van der Waals surface area contributed by atoms with E-state index in [1.807, 2.05) is 0 Å². The minimum Gasteiger partial charge on any atom is -0.393 e. The van der Waals surface area contributed by atoms with Crippen molar-refractivity contribution in [1.29, 1.82) is 0 Å². The van der Waals surface area contributed by atoms with E-state index in [9.17, 15) is 9.90 Å². The normalized spacial score (nSPS) is 44.9. The number of Topliss-reactive ketones (excluding diaryl/α,β-unsaturated/α-hetero) is 1. The molecule has 0 aromatic rings. The van der Waals surface area contributed by atoms with Crippen LogP contribution < -0.4 is 0 Å². The summed E-state index contributed by atoms with van der Waals surface area (Å²) in [7, 11) is 0. The lowest BCUT2D eigenvalue weighted by molar-refractivity contribution is -0.154. The third-order valence-electron chi connectivity index (χ3n) is 5.00. The van der Waals surface area contributed by atoms with Crippen molar-refractivity contribution in [2.45, 2.75) is 59.0 Å². The molecule has 2 fully saturated rings. The Morgan fingerprint density at radius 2 is 1.93 bits per heavy atom. The minimum atomic E-state index is -0.235. The molecule has 1 unspecified atom stereocenters. The Balaban J connectivity index is 2.35. The predicted molar refractivity (Wildman–Crippen MR) is 59.5 cm³/mol. The zero-order valence-corrected chi connectivity index (χ0v) is 10.0. The first-order valence-corrected chi connectivity index (χ1v) is 6.10. The van der Waals surface area contributed by atoms with Gasteiger partial charge in [0.25, 0.3) is 0 Å². The molecule has 0 amide bonds. The maximum absolute atomic E-state index is 12.1. The van der Waals surface area contributed by atoms with E-state index in [2.05, 4.69) is 20.8 Å². The Labute approximate surface area is 92.1 Å². The molecule has 2 rings (SSSR count). The number of carbonyl (C=O) groups excluding carboxylic acids is 1. The van der Waals surface area contributed by atoms with Gasteiger partial charge < -0.3 is 5.11 Å². The number of aliphatic hydroxyl groups excluding tert-OH is 1. The van der Waals surface area contributed by atoms with Gasteiger partial charge >= 0.3 is 0 Å². The van der Waals surface area contributed by atoms with Crippen LogP contribution in [0.15, 0.2) is 0 Å². The van der Waals surface area contributed by atoms with E-state index in [0.29, 0.717) is 11.7 Å². The lowest BCUT2D eigenvalue weighted by Gasteiger charge is -2.54. The maximum Gasteiger partial charge on any atom is 0.139 e. The molecule has 2 aliphatic carbocycles. The fraction of sp³-hybridized carbons (Fsp3) is 0.923. The molecule has 0 saturated heterocycles. The Morgan fingerprint density at radius 3 is 2.60 bits per heavy atom. The van der Waals surface area contributed by atoms with Crippen LogP contribution in [0.1, 0.15) is 52.9 Å². The highest BCUT2D eigenvalue weighted by Crippen LogP contribution is 2.56.